The molecule has 0 radical (unpaired) electrons. The Labute approximate surface area is 168 Å². The van der Waals surface area contributed by atoms with Crippen molar-refractivity contribution in [2.75, 3.05) is 38.2 Å². The van der Waals surface area contributed by atoms with E-state index < -0.39 is 0 Å². The van der Waals surface area contributed by atoms with Crippen LogP contribution in [0, 0.1) is 12.8 Å². The number of nitrogens with one attached hydrogen (secondary N) is 2. The van der Waals surface area contributed by atoms with Crippen LogP contribution in [0.1, 0.15) is 24.5 Å². The number of guanidine groups is 1. The zero-order chi connectivity index (χ0) is 19.8. The van der Waals surface area contributed by atoms with Crippen LogP contribution in [0.3, 0.4) is 0 Å². The second-order valence-electron chi connectivity index (χ2n) is 7.30. The van der Waals surface area contributed by atoms with Gasteiger partial charge in [-0.15, -0.1) is 0 Å². The average molecular weight is 381 g/mol. The van der Waals surface area contributed by atoms with Crippen LogP contribution in [-0.2, 0) is 6.54 Å². The number of rotatable bonds is 7. The van der Waals surface area contributed by atoms with Crippen LogP contribution in [0.15, 0.2) is 53.5 Å². The van der Waals surface area contributed by atoms with Crippen LogP contribution in [0.4, 0.5) is 5.69 Å². The Bertz CT molecular complexity index is 790. The van der Waals surface area contributed by atoms with Gasteiger partial charge >= 0.3 is 0 Å². The molecule has 3 rings (SSSR count). The van der Waals surface area contributed by atoms with Crippen molar-refractivity contribution in [2.45, 2.75) is 26.8 Å². The third-order valence-corrected chi connectivity index (χ3v) is 5.28. The molecule has 1 unspecified atom stereocenters. The van der Waals surface area contributed by atoms with Gasteiger partial charge in [0.25, 0.3) is 0 Å². The molecule has 0 spiro atoms. The van der Waals surface area contributed by atoms with Gasteiger partial charge in [-0.1, -0.05) is 30.3 Å². The largest absolute Gasteiger partial charge is 0.497 e. The van der Waals surface area contributed by atoms with E-state index in [1.54, 1.807) is 7.11 Å². The van der Waals surface area contributed by atoms with Crippen LogP contribution in [0.25, 0.3) is 0 Å². The molecule has 2 aromatic carbocycles. The maximum atomic E-state index is 5.36. The molecule has 1 fully saturated rings. The summed E-state index contributed by atoms with van der Waals surface area (Å²) in [6, 6.07) is 16.7. The van der Waals surface area contributed by atoms with Crippen molar-refractivity contribution in [3.05, 3.63) is 59.7 Å². The molecule has 2 N–H and O–H groups in total. The van der Waals surface area contributed by atoms with Gasteiger partial charge in [-0.05, 0) is 49.4 Å². The number of hydrogen-bond acceptors (Lipinski definition) is 3. The summed E-state index contributed by atoms with van der Waals surface area (Å²) in [5.41, 5.74) is 3.79. The lowest BCUT2D eigenvalue weighted by Gasteiger charge is -2.20. The Morgan fingerprint density at radius 1 is 1.18 bits per heavy atom. The van der Waals surface area contributed by atoms with Gasteiger partial charge in [0.05, 0.1) is 13.7 Å². The smallest absolute Gasteiger partial charge is 0.191 e. The van der Waals surface area contributed by atoms with Gasteiger partial charge in [0.1, 0.15) is 5.75 Å². The molecule has 1 atom stereocenters. The third kappa shape index (κ3) is 5.41. The second-order valence-corrected chi connectivity index (χ2v) is 7.30. The highest BCUT2D eigenvalue weighted by Gasteiger charge is 2.23. The molecule has 5 heteroatoms. The Balaban J connectivity index is 1.54. The quantitative estimate of drug-likeness (QED) is 0.569. The average Bonchev–Trinajstić information content (AvgIpc) is 3.20. The highest BCUT2D eigenvalue weighted by atomic mass is 16.5. The van der Waals surface area contributed by atoms with E-state index in [4.69, 9.17) is 9.73 Å². The monoisotopic (exact) mass is 380 g/mol. The van der Waals surface area contributed by atoms with Crippen LogP contribution in [-0.4, -0.2) is 39.2 Å². The fourth-order valence-corrected chi connectivity index (χ4v) is 3.58. The number of aliphatic imine (C=N–C) groups is 1. The van der Waals surface area contributed by atoms with Gasteiger partial charge in [-0.3, -0.25) is 0 Å². The van der Waals surface area contributed by atoms with E-state index in [0.29, 0.717) is 12.5 Å². The molecule has 2 aromatic rings. The maximum Gasteiger partial charge on any atom is 0.191 e. The van der Waals surface area contributed by atoms with Crippen molar-refractivity contribution in [2.24, 2.45) is 10.9 Å². The normalized spacial score (nSPS) is 16.9. The summed E-state index contributed by atoms with van der Waals surface area (Å²) in [6.07, 6.45) is 1.18. The zero-order valence-corrected chi connectivity index (χ0v) is 17.2. The predicted molar refractivity (Wildman–Crippen MR) is 117 cm³/mol. The highest BCUT2D eigenvalue weighted by Crippen LogP contribution is 2.26. The van der Waals surface area contributed by atoms with Crippen molar-refractivity contribution < 1.29 is 4.74 Å². The number of benzene rings is 2. The number of hydrogen-bond donors (Lipinski definition) is 2. The Kier molecular flexibility index (Phi) is 7.18. The van der Waals surface area contributed by atoms with E-state index in [9.17, 15) is 0 Å². The van der Waals surface area contributed by atoms with Gasteiger partial charge in [0.15, 0.2) is 5.96 Å². The fraction of sp³-hybridized carbons (Fsp3) is 0.435. The molecule has 1 saturated heterocycles. The Morgan fingerprint density at radius 2 is 2.04 bits per heavy atom. The number of ether oxygens (including phenoxy) is 1. The topological polar surface area (TPSA) is 48.9 Å². The van der Waals surface area contributed by atoms with E-state index in [-0.39, 0.29) is 0 Å². The summed E-state index contributed by atoms with van der Waals surface area (Å²) < 4.78 is 5.36. The number of aryl methyl sites for hydroxylation is 1. The SMILES string of the molecule is CCNC(=NCc1ccccc1C)NCC1CCN(c2cccc(OC)c2)C1. The van der Waals surface area contributed by atoms with Crippen LogP contribution >= 0.6 is 0 Å². The third-order valence-electron chi connectivity index (χ3n) is 5.28. The van der Waals surface area contributed by atoms with Crippen molar-refractivity contribution in [3.8, 4) is 5.75 Å². The molecular weight excluding hydrogens is 348 g/mol. The summed E-state index contributed by atoms with van der Waals surface area (Å²) in [5, 5.41) is 6.90. The van der Waals surface area contributed by atoms with Crippen LogP contribution < -0.4 is 20.3 Å². The van der Waals surface area contributed by atoms with Crippen LogP contribution in [0.5, 0.6) is 5.75 Å². The molecule has 28 heavy (non-hydrogen) atoms. The van der Waals surface area contributed by atoms with Crippen molar-refractivity contribution in [1.82, 2.24) is 10.6 Å². The minimum absolute atomic E-state index is 0.605. The first-order valence-corrected chi connectivity index (χ1v) is 10.1. The molecule has 1 heterocycles. The van der Waals surface area contributed by atoms with E-state index >= 15 is 0 Å². The zero-order valence-electron chi connectivity index (χ0n) is 17.2. The van der Waals surface area contributed by atoms with Crippen molar-refractivity contribution in [3.63, 3.8) is 0 Å². The Hall–Kier alpha value is -2.69. The molecule has 1 aliphatic rings. The predicted octanol–water partition coefficient (Wildman–Crippen LogP) is 3.59. The highest BCUT2D eigenvalue weighted by molar-refractivity contribution is 5.79. The summed E-state index contributed by atoms with van der Waals surface area (Å²) >= 11 is 0. The van der Waals surface area contributed by atoms with Gasteiger partial charge in [0.2, 0.25) is 0 Å². The van der Waals surface area contributed by atoms with E-state index in [2.05, 4.69) is 71.8 Å². The standard InChI is InChI=1S/C23H32N4O/c1-4-24-23(26-16-20-9-6-5-8-18(20)2)25-15-19-12-13-27(17-19)21-10-7-11-22(14-21)28-3/h5-11,14,19H,4,12-13,15-17H2,1-3H3,(H2,24,25,26). The minimum Gasteiger partial charge on any atom is -0.497 e. The molecule has 0 amide bonds. The van der Waals surface area contributed by atoms with Gasteiger partial charge in [-0.25, -0.2) is 4.99 Å². The van der Waals surface area contributed by atoms with Crippen LogP contribution in [0.2, 0.25) is 0 Å². The van der Waals surface area contributed by atoms with Gasteiger partial charge in [0, 0.05) is 37.9 Å². The summed E-state index contributed by atoms with van der Waals surface area (Å²) in [6.45, 7) is 8.86. The minimum atomic E-state index is 0.605. The first-order valence-electron chi connectivity index (χ1n) is 10.1. The first kappa shape index (κ1) is 20.1. The molecule has 0 aromatic heterocycles. The first-order chi connectivity index (χ1) is 13.7. The van der Waals surface area contributed by atoms with Crippen molar-refractivity contribution >= 4 is 11.6 Å². The lowest BCUT2D eigenvalue weighted by Crippen LogP contribution is -2.40. The van der Waals surface area contributed by atoms with E-state index in [0.717, 1.165) is 37.9 Å². The molecular formula is C23H32N4O. The molecule has 0 aliphatic carbocycles. The summed E-state index contributed by atoms with van der Waals surface area (Å²) in [5.74, 6) is 2.41. The van der Waals surface area contributed by atoms with Crippen molar-refractivity contribution in [1.29, 1.82) is 0 Å². The molecule has 150 valence electrons. The van der Waals surface area contributed by atoms with Gasteiger partial charge < -0.3 is 20.3 Å². The fourth-order valence-electron chi connectivity index (χ4n) is 3.58. The lowest BCUT2D eigenvalue weighted by molar-refractivity contribution is 0.415. The summed E-state index contributed by atoms with van der Waals surface area (Å²) in [4.78, 5) is 7.21. The lowest BCUT2D eigenvalue weighted by atomic mass is 10.1. The maximum absolute atomic E-state index is 5.36. The second kappa shape index (κ2) is 10.0. The van der Waals surface area contributed by atoms with E-state index in [1.165, 1.54) is 23.2 Å². The van der Waals surface area contributed by atoms with Gasteiger partial charge in [-0.2, -0.15) is 0 Å². The van der Waals surface area contributed by atoms with E-state index in [1.807, 2.05) is 6.07 Å². The number of methoxy groups -OCH3 is 1. The Morgan fingerprint density at radius 3 is 2.82 bits per heavy atom. The number of anilines is 1. The molecule has 0 bridgehead atoms. The number of nitrogens with zero attached hydrogens (tertiary/aromatic N) is 2. The summed E-state index contributed by atoms with van der Waals surface area (Å²) in [7, 11) is 1.72. The molecule has 1 aliphatic heterocycles. The molecule has 5 nitrogen and oxygen atoms in total. The molecule has 0 saturated carbocycles.